The number of carbonyl (C=O) groups is 3. The molecular formula is C23H27N3O4. The largest absolute Gasteiger partial charge is 0.496 e. The quantitative estimate of drug-likeness (QED) is 0.744. The van der Waals surface area contributed by atoms with Crippen LogP contribution in [0.25, 0.3) is 10.8 Å². The fourth-order valence-electron chi connectivity index (χ4n) is 4.72. The zero-order chi connectivity index (χ0) is 21.3. The van der Waals surface area contributed by atoms with E-state index < -0.39 is 11.6 Å². The van der Waals surface area contributed by atoms with Crippen LogP contribution in [0.15, 0.2) is 36.4 Å². The third kappa shape index (κ3) is 3.38. The standard InChI is InChI=1S/C23H27N3O4/c1-15-7-5-6-12-23(15)21(28)26(22(29)25-23)14-20(27)24-13-18-17-9-4-3-8-16(17)10-11-19(18)30-2/h3-4,8-11,15H,5-7,12-14H2,1-2H3,(H,24,27)(H,25,29). The molecule has 1 saturated carbocycles. The van der Waals surface area contributed by atoms with Crippen molar-refractivity contribution in [1.82, 2.24) is 15.5 Å². The van der Waals surface area contributed by atoms with E-state index in [9.17, 15) is 14.4 Å². The Morgan fingerprint density at radius 1 is 1.23 bits per heavy atom. The van der Waals surface area contributed by atoms with Crippen LogP contribution in [0.1, 0.15) is 38.2 Å². The number of amides is 4. The number of carbonyl (C=O) groups excluding carboxylic acids is 3. The van der Waals surface area contributed by atoms with Gasteiger partial charge in [0.05, 0.1) is 7.11 Å². The van der Waals surface area contributed by atoms with Gasteiger partial charge in [-0.1, -0.05) is 50.1 Å². The molecule has 2 aliphatic rings. The molecule has 2 aromatic carbocycles. The van der Waals surface area contributed by atoms with Crippen molar-refractivity contribution >= 4 is 28.6 Å². The van der Waals surface area contributed by atoms with E-state index in [0.29, 0.717) is 12.2 Å². The summed E-state index contributed by atoms with van der Waals surface area (Å²) in [6.07, 6.45) is 3.48. The number of nitrogens with zero attached hydrogens (tertiary/aromatic N) is 1. The summed E-state index contributed by atoms with van der Waals surface area (Å²) in [5.74, 6) is 0.0845. The van der Waals surface area contributed by atoms with Crippen molar-refractivity contribution in [2.45, 2.75) is 44.7 Å². The molecule has 2 unspecified atom stereocenters. The number of fused-ring (bicyclic) bond motifs is 1. The summed E-state index contributed by atoms with van der Waals surface area (Å²) in [5, 5.41) is 7.76. The zero-order valence-electron chi connectivity index (χ0n) is 17.4. The van der Waals surface area contributed by atoms with E-state index in [1.807, 2.05) is 43.3 Å². The van der Waals surface area contributed by atoms with E-state index >= 15 is 0 Å². The van der Waals surface area contributed by atoms with Crippen LogP contribution in [-0.2, 0) is 16.1 Å². The Labute approximate surface area is 175 Å². The van der Waals surface area contributed by atoms with Gasteiger partial charge >= 0.3 is 6.03 Å². The molecule has 158 valence electrons. The molecule has 0 bridgehead atoms. The minimum atomic E-state index is -0.853. The van der Waals surface area contributed by atoms with E-state index in [4.69, 9.17) is 4.74 Å². The van der Waals surface area contributed by atoms with Crippen LogP contribution in [0.3, 0.4) is 0 Å². The predicted octanol–water partition coefficient (Wildman–Crippen LogP) is 2.97. The highest BCUT2D eigenvalue weighted by atomic mass is 16.5. The predicted molar refractivity (Wildman–Crippen MR) is 113 cm³/mol. The van der Waals surface area contributed by atoms with Crippen molar-refractivity contribution in [2.24, 2.45) is 5.92 Å². The lowest BCUT2D eigenvalue weighted by Gasteiger charge is -2.36. The van der Waals surface area contributed by atoms with Crippen molar-refractivity contribution in [3.8, 4) is 5.75 Å². The van der Waals surface area contributed by atoms with E-state index in [2.05, 4.69) is 10.6 Å². The number of imide groups is 1. The first-order chi connectivity index (χ1) is 14.5. The fourth-order valence-corrected chi connectivity index (χ4v) is 4.72. The van der Waals surface area contributed by atoms with Gasteiger partial charge in [0.15, 0.2) is 0 Å². The second-order valence-electron chi connectivity index (χ2n) is 8.18. The summed E-state index contributed by atoms with van der Waals surface area (Å²) < 4.78 is 5.46. The van der Waals surface area contributed by atoms with Crippen LogP contribution in [0.4, 0.5) is 4.79 Å². The van der Waals surface area contributed by atoms with Gasteiger partial charge < -0.3 is 15.4 Å². The summed E-state index contributed by atoms with van der Waals surface area (Å²) in [7, 11) is 1.59. The molecule has 7 heteroatoms. The van der Waals surface area contributed by atoms with E-state index in [1.165, 1.54) is 0 Å². The first-order valence-corrected chi connectivity index (χ1v) is 10.4. The van der Waals surface area contributed by atoms with Gasteiger partial charge in [0.1, 0.15) is 17.8 Å². The van der Waals surface area contributed by atoms with Gasteiger partial charge in [-0.05, 0) is 35.6 Å². The molecule has 0 aromatic heterocycles. The van der Waals surface area contributed by atoms with Gasteiger partial charge in [-0.15, -0.1) is 0 Å². The van der Waals surface area contributed by atoms with Crippen molar-refractivity contribution in [2.75, 3.05) is 13.7 Å². The summed E-state index contributed by atoms with van der Waals surface area (Å²) in [6.45, 7) is 1.95. The number of methoxy groups -OCH3 is 1. The summed E-state index contributed by atoms with van der Waals surface area (Å²) >= 11 is 0. The third-order valence-corrected chi connectivity index (χ3v) is 6.48. The van der Waals surface area contributed by atoms with Crippen molar-refractivity contribution in [3.63, 3.8) is 0 Å². The van der Waals surface area contributed by atoms with Gasteiger partial charge in [0.2, 0.25) is 5.91 Å². The molecule has 4 rings (SSSR count). The van der Waals surface area contributed by atoms with E-state index in [1.54, 1.807) is 7.11 Å². The molecule has 4 amide bonds. The molecule has 30 heavy (non-hydrogen) atoms. The molecule has 1 heterocycles. The maximum absolute atomic E-state index is 13.0. The van der Waals surface area contributed by atoms with Crippen molar-refractivity contribution in [1.29, 1.82) is 0 Å². The number of benzene rings is 2. The summed E-state index contributed by atoms with van der Waals surface area (Å²) in [4.78, 5) is 39.2. The Hall–Kier alpha value is -3.09. The number of ether oxygens (including phenoxy) is 1. The normalized spacial score (nSPS) is 23.7. The minimum Gasteiger partial charge on any atom is -0.496 e. The molecule has 0 radical (unpaired) electrons. The molecule has 2 N–H and O–H groups in total. The second kappa shape index (κ2) is 7.97. The Balaban J connectivity index is 1.47. The molecule has 1 aliphatic heterocycles. The van der Waals surface area contributed by atoms with Crippen LogP contribution < -0.4 is 15.4 Å². The molecule has 1 aliphatic carbocycles. The average molecular weight is 409 g/mol. The lowest BCUT2D eigenvalue weighted by atomic mass is 9.73. The van der Waals surface area contributed by atoms with Gasteiger partial charge in [0.25, 0.3) is 5.91 Å². The number of hydrogen-bond donors (Lipinski definition) is 2. The van der Waals surface area contributed by atoms with Crippen LogP contribution in [0.2, 0.25) is 0 Å². The van der Waals surface area contributed by atoms with E-state index in [-0.39, 0.29) is 30.8 Å². The Kier molecular flexibility index (Phi) is 5.37. The summed E-state index contributed by atoms with van der Waals surface area (Å²) in [5.41, 5.74) is 0.00703. The highest BCUT2D eigenvalue weighted by Gasteiger charge is 2.55. The van der Waals surface area contributed by atoms with Gasteiger partial charge in [-0.25, -0.2) is 4.79 Å². The van der Waals surface area contributed by atoms with Crippen LogP contribution in [0, 0.1) is 5.92 Å². The van der Waals surface area contributed by atoms with Crippen molar-refractivity contribution < 1.29 is 19.1 Å². The SMILES string of the molecule is COc1ccc2ccccc2c1CNC(=O)CN1C(=O)NC2(CCCCC2C)C1=O. The Morgan fingerprint density at radius 2 is 2.03 bits per heavy atom. The lowest BCUT2D eigenvalue weighted by Crippen LogP contribution is -2.54. The maximum Gasteiger partial charge on any atom is 0.325 e. The molecule has 1 saturated heterocycles. The average Bonchev–Trinajstić information content (AvgIpc) is 2.98. The number of rotatable bonds is 5. The molecule has 2 atom stereocenters. The third-order valence-electron chi connectivity index (χ3n) is 6.48. The molecule has 2 fully saturated rings. The Morgan fingerprint density at radius 3 is 2.80 bits per heavy atom. The molecular weight excluding hydrogens is 382 g/mol. The zero-order valence-corrected chi connectivity index (χ0v) is 17.4. The smallest absolute Gasteiger partial charge is 0.325 e. The monoisotopic (exact) mass is 409 g/mol. The number of urea groups is 1. The second-order valence-corrected chi connectivity index (χ2v) is 8.18. The molecule has 1 spiro atoms. The first-order valence-electron chi connectivity index (χ1n) is 10.4. The van der Waals surface area contributed by atoms with Gasteiger partial charge in [0, 0.05) is 12.1 Å². The highest BCUT2D eigenvalue weighted by molar-refractivity contribution is 6.09. The number of nitrogens with one attached hydrogen (secondary N) is 2. The minimum absolute atomic E-state index is 0.0655. The van der Waals surface area contributed by atoms with Gasteiger partial charge in [-0.2, -0.15) is 0 Å². The summed E-state index contributed by atoms with van der Waals surface area (Å²) in [6, 6.07) is 11.2. The van der Waals surface area contributed by atoms with Crippen LogP contribution >= 0.6 is 0 Å². The first kappa shape index (κ1) is 20.2. The Bertz CT molecular complexity index is 1010. The lowest BCUT2D eigenvalue weighted by molar-refractivity contribution is -0.137. The van der Waals surface area contributed by atoms with Crippen molar-refractivity contribution in [3.05, 3.63) is 42.0 Å². The fraction of sp³-hybridized carbons (Fsp3) is 0.435. The maximum atomic E-state index is 13.0. The van der Waals surface area contributed by atoms with Crippen LogP contribution in [-0.4, -0.2) is 41.9 Å². The molecule has 2 aromatic rings. The topological polar surface area (TPSA) is 87.7 Å². The molecule has 7 nitrogen and oxygen atoms in total. The van der Waals surface area contributed by atoms with Crippen LogP contribution in [0.5, 0.6) is 5.75 Å². The number of hydrogen-bond acceptors (Lipinski definition) is 4. The van der Waals surface area contributed by atoms with Gasteiger partial charge in [-0.3, -0.25) is 14.5 Å². The van der Waals surface area contributed by atoms with E-state index in [0.717, 1.165) is 40.5 Å². The highest BCUT2D eigenvalue weighted by Crippen LogP contribution is 2.38.